The Morgan fingerprint density at radius 2 is 1.90 bits per heavy atom. The number of Topliss-reactive ketones (excluding diaryl/α,β-unsaturated/α-hetero) is 1. The number of hydrogen-bond donors (Lipinski definition) is 2. The van der Waals surface area contributed by atoms with Gasteiger partial charge in [0.05, 0.1) is 12.0 Å². The van der Waals surface area contributed by atoms with Crippen molar-refractivity contribution in [3.8, 4) is 5.75 Å². The van der Waals surface area contributed by atoms with E-state index in [4.69, 9.17) is 4.74 Å². The Morgan fingerprint density at radius 1 is 1.13 bits per heavy atom. The molecule has 0 aliphatic carbocycles. The van der Waals surface area contributed by atoms with Gasteiger partial charge in [0.2, 0.25) is 6.41 Å². The highest BCUT2D eigenvalue weighted by molar-refractivity contribution is 6.01. The summed E-state index contributed by atoms with van der Waals surface area (Å²) in [4.78, 5) is 37.5. The van der Waals surface area contributed by atoms with Crippen LogP contribution in [0.5, 0.6) is 5.75 Å². The molecular weight excluding hydrogens is 394 g/mol. The van der Waals surface area contributed by atoms with Gasteiger partial charge >= 0.3 is 6.03 Å². The number of carbonyl (C=O) groups excluding carboxylic acids is 3. The molecule has 160 valence electrons. The van der Waals surface area contributed by atoms with Gasteiger partial charge < -0.3 is 20.3 Å². The number of nitrogens with zero attached hydrogens (tertiary/aromatic N) is 1. The lowest BCUT2D eigenvalue weighted by Crippen LogP contribution is -2.54. The lowest BCUT2D eigenvalue weighted by atomic mass is 9.82. The molecule has 3 amide bonds. The second-order valence-electron chi connectivity index (χ2n) is 7.89. The summed E-state index contributed by atoms with van der Waals surface area (Å²) in [5.74, 6) is 0.626. The zero-order valence-electron chi connectivity index (χ0n) is 17.2. The molecule has 0 unspecified atom stereocenters. The molecular formula is C24H25N3O4. The van der Waals surface area contributed by atoms with Gasteiger partial charge in [-0.3, -0.25) is 9.59 Å². The summed E-state index contributed by atoms with van der Waals surface area (Å²) >= 11 is 0. The first-order chi connectivity index (χ1) is 15.1. The molecule has 0 radical (unpaired) electrons. The topological polar surface area (TPSA) is 87.7 Å². The van der Waals surface area contributed by atoms with E-state index in [0.29, 0.717) is 56.6 Å². The van der Waals surface area contributed by atoms with Gasteiger partial charge in [-0.2, -0.15) is 0 Å². The number of urea groups is 1. The molecule has 4 rings (SSSR count). The van der Waals surface area contributed by atoms with Gasteiger partial charge in [-0.1, -0.05) is 36.4 Å². The van der Waals surface area contributed by atoms with Gasteiger partial charge in [-0.15, -0.1) is 0 Å². The van der Waals surface area contributed by atoms with E-state index in [9.17, 15) is 14.4 Å². The highest BCUT2D eigenvalue weighted by atomic mass is 16.5. The van der Waals surface area contributed by atoms with E-state index in [1.165, 1.54) is 6.20 Å². The fraction of sp³-hybridized carbons (Fsp3) is 0.292. The van der Waals surface area contributed by atoms with E-state index in [0.717, 1.165) is 11.1 Å². The lowest BCUT2D eigenvalue weighted by Gasteiger charge is -2.43. The molecule has 0 atom stereocenters. The van der Waals surface area contributed by atoms with Gasteiger partial charge in [0.25, 0.3) is 0 Å². The van der Waals surface area contributed by atoms with Crippen LogP contribution >= 0.6 is 0 Å². The Kier molecular flexibility index (Phi) is 6.02. The molecule has 2 aliphatic heterocycles. The van der Waals surface area contributed by atoms with Crippen LogP contribution < -0.4 is 15.4 Å². The normalized spacial score (nSPS) is 17.2. The third-order valence-corrected chi connectivity index (χ3v) is 5.80. The van der Waals surface area contributed by atoms with Crippen molar-refractivity contribution in [2.75, 3.05) is 13.1 Å². The van der Waals surface area contributed by atoms with Crippen molar-refractivity contribution in [1.29, 1.82) is 0 Å². The first kappa shape index (κ1) is 20.7. The summed E-state index contributed by atoms with van der Waals surface area (Å²) < 4.78 is 6.29. The predicted molar refractivity (Wildman–Crippen MR) is 116 cm³/mol. The Morgan fingerprint density at radius 3 is 2.65 bits per heavy atom. The molecule has 0 bridgehead atoms. The Bertz CT molecular complexity index is 995. The molecule has 2 aromatic carbocycles. The fourth-order valence-corrected chi connectivity index (χ4v) is 4.08. The number of piperidine rings is 1. The smallest absolute Gasteiger partial charge is 0.317 e. The van der Waals surface area contributed by atoms with E-state index in [2.05, 4.69) is 10.6 Å². The molecule has 1 saturated heterocycles. The molecule has 2 heterocycles. The number of ketones is 1. The molecule has 2 aromatic rings. The van der Waals surface area contributed by atoms with Gasteiger partial charge in [0.1, 0.15) is 11.4 Å². The van der Waals surface area contributed by atoms with Crippen molar-refractivity contribution < 1.29 is 19.1 Å². The number of likely N-dealkylation sites (tertiary alicyclic amines) is 1. The average molecular weight is 419 g/mol. The minimum Gasteiger partial charge on any atom is -0.486 e. The van der Waals surface area contributed by atoms with Crippen LogP contribution in [0.4, 0.5) is 4.79 Å². The number of carbonyl (C=O) groups is 3. The van der Waals surface area contributed by atoms with E-state index in [1.54, 1.807) is 23.1 Å². The lowest BCUT2D eigenvalue weighted by molar-refractivity contribution is -0.108. The van der Waals surface area contributed by atoms with Crippen molar-refractivity contribution in [2.24, 2.45) is 0 Å². The maximum Gasteiger partial charge on any atom is 0.317 e. The first-order valence-electron chi connectivity index (χ1n) is 10.4. The van der Waals surface area contributed by atoms with Crippen LogP contribution in [-0.2, 0) is 11.3 Å². The second-order valence-corrected chi connectivity index (χ2v) is 7.89. The number of hydrogen-bond acceptors (Lipinski definition) is 4. The maximum atomic E-state index is 12.8. The SMILES string of the molecule is O=CN/C=C/c1ccc2c(c1)C(=O)CC1(CCN(C(=O)NCc3ccccc3)CC1)O2. The zero-order valence-corrected chi connectivity index (χ0v) is 17.2. The quantitative estimate of drug-likeness (QED) is 0.729. The Balaban J connectivity index is 1.36. The van der Waals surface area contributed by atoms with Crippen molar-refractivity contribution in [2.45, 2.75) is 31.4 Å². The van der Waals surface area contributed by atoms with Crippen LogP contribution in [0.15, 0.2) is 54.7 Å². The van der Waals surface area contributed by atoms with Gasteiger partial charge in [0.15, 0.2) is 5.78 Å². The van der Waals surface area contributed by atoms with Crippen LogP contribution in [0.3, 0.4) is 0 Å². The van der Waals surface area contributed by atoms with Crippen LogP contribution in [0.1, 0.15) is 40.7 Å². The van der Waals surface area contributed by atoms with Crippen molar-refractivity contribution >= 4 is 24.3 Å². The number of ether oxygens (including phenoxy) is 1. The number of nitrogens with one attached hydrogen (secondary N) is 2. The Hall–Kier alpha value is -3.61. The standard InChI is InChI=1S/C24H25N3O4/c28-17-25-11-8-18-6-7-22-20(14-18)21(29)15-24(31-22)9-12-27(13-10-24)23(30)26-16-19-4-2-1-3-5-19/h1-8,11,14,17H,9-10,12-13,15-16H2,(H,25,28)(H,26,30)/b11-8+. The largest absolute Gasteiger partial charge is 0.486 e. The van der Waals surface area contributed by atoms with E-state index >= 15 is 0 Å². The summed E-state index contributed by atoms with van der Waals surface area (Å²) in [7, 11) is 0. The molecule has 1 fully saturated rings. The van der Waals surface area contributed by atoms with E-state index in [-0.39, 0.29) is 11.8 Å². The zero-order chi connectivity index (χ0) is 21.7. The second kappa shape index (κ2) is 9.04. The monoisotopic (exact) mass is 419 g/mol. The van der Waals surface area contributed by atoms with Crippen LogP contribution in [0.2, 0.25) is 0 Å². The molecule has 0 saturated carbocycles. The van der Waals surface area contributed by atoms with Crippen molar-refractivity contribution in [1.82, 2.24) is 15.5 Å². The highest BCUT2D eigenvalue weighted by Gasteiger charge is 2.43. The predicted octanol–water partition coefficient (Wildman–Crippen LogP) is 3.11. The van der Waals surface area contributed by atoms with Gasteiger partial charge in [-0.05, 0) is 29.3 Å². The minimum atomic E-state index is -0.559. The van der Waals surface area contributed by atoms with Crippen molar-refractivity contribution in [3.05, 3.63) is 71.4 Å². The summed E-state index contributed by atoms with van der Waals surface area (Å²) in [6.07, 6.45) is 5.35. The van der Waals surface area contributed by atoms with E-state index in [1.807, 2.05) is 36.4 Å². The molecule has 31 heavy (non-hydrogen) atoms. The number of benzene rings is 2. The Labute approximate surface area is 181 Å². The van der Waals surface area contributed by atoms with Gasteiger partial charge in [-0.25, -0.2) is 4.79 Å². The number of amides is 3. The van der Waals surface area contributed by atoms with Crippen LogP contribution in [0.25, 0.3) is 6.08 Å². The fourth-order valence-electron chi connectivity index (χ4n) is 4.08. The van der Waals surface area contributed by atoms with Gasteiger partial charge in [0, 0.05) is 38.7 Å². The average Bonchev–Trinajstić information content (AvgIpc) is 2.79. The third kappa shape index (κ3) is 4.77. The van der Waals surface area contributed by atoms with E-state index < -0.39 is 5.60 Å². The first-order valence-corrected chi connectivity index (χ1v) is 10.4. The van der Waals surface area contributed by atoms with Crippen LogP contribution in [-0.4, -0.2) is 41.8 Å². The third-order valence-electron chi connectivity index (χ3n) is 5.80. The molecule has 2 aliphatic rings. The molecule has 7 heteroatoms. The number of rotatable bonds is 5. The minimum absolute atomic E-state index is 0.0434. The molecule has 2 N–H and O–H groups in total. The summed E-state index contributed by atoms with van der Waals surface area (Å²) in [6.45, 7) is 1.58. The molecule has 0 aromatic heterocycles. The highest BCUT2D eigenvalue weighted by Crippen LogP contribution is 2.39. The number of fused-ring (bicyclic) bond motifs is 1. The molecule has 1 spiro atoms. The summed E-state index contributed by atoms with van der Waals surface area (Å²) in [6, 6.07) is 15.1. The van der Waals surface area contributed by atoms with Crippen LogP contribution in [0, 0.1) is 0 Å². The molecule has 7 nitrogen and oxygen atoms in total. The maximum absolute atomic E-state index is 12.8. The summed E-state index contributed by atoms with van der Waals surface area (Å²) in [5, 5.41) is 5.41. The van der Waals surface area contributed by atoms with Crippen molar-refractivity contribution in [3.63, 3.8) is 0 Å². The summed E-state index contributed by atoms with van der Waals surface area (Å²) in [5.41, 5.74) is 1.86.